The van der Waals surface area contributed by atoms with Gasteiger partial charge >= 0.3 is 0 Å². The summed E-state index contributed by atoms with van der Waals surface area (Å²) in [5.74, 6) is -0.498. The van der Waals surface area contributed by atoms with Crippen molar-refractivity contribution in [2.24, 2.45) is 10.2 Å². The summed E-state index contributed by atoms with van der Waals surface area (Å²) in [7, 11) is 0. The van der Waals surface area contributed by atoms with Crippen LogP contribution in [0.3, 0.4) is 0 Å². The Bertz CT molecular complexity index is 749. The molecule has 0 saturated carbocycles. The van der Waals surface area contributed by atoms with E-state index in [1.54, 1.807) is 50.8 Å². The van der Waals surface area contributed by atoms with Crippen molar-refractivity contribution in [1.29, 1.82) is 0 Å². The average molecular weight is 366 g/mol. The average Bonchev–Trinajstić information content (AvgIpc) is 2.71. The Balaban J connectivity index is 1.69. The number of hydrazone groups is 2. The zero-order valence-corrected chi connectivity index (χ0v) is 15.3. The highest BCUT2D eigenvalue weighted by Gasteiger charge is 2.05. The van der Waals surface area contributed by atoms with Crippen molar-refractivity contribution in [2.75, 3.05) is 0 Å². The Labute approximate surface area is 157 Å². The van der Waals surface area contributed by atoms with Gasteiger partial charge in [0.05, 0.1) is 11.4 Å². The fourth-order valence-electron chi connectivity index (χ4n) is 2.10. The van der Waals surface area contributed by atoms with Crippen LogP contribution in [0.1, 0.15) is 44.2 Å². The van der Waals surface area contributed by atoms with Gasteiger partial charge in [-0.15, -0.1) is 0 Å². The van der Waals surface area contributed by atoms with Gasteiger partial charge < -0.3 is 0 Å². The highest BCUT2D eigenvalue weighted by atomic mass is 16.2. The van der Waals surface area contributed by atoms with Gasteiger partial charge in [-0.3, -0.25) is 19.6 Å². The summed E-state index contributed by atoms with van der Waals surface area (Å²) in [4.78, 5) is 31.6. The number of aromatic nitrogens is 2. The number of nitrogens with one attached hydrogen (secondary N) is 2. The second-order valence-corrected chi connectivity index (χ2v) is 5.80. The van der Waals surface area contributed by atoms with E-state index in [0.717, 1.165) is 11.1 Å². The van der Waals surface area contributed by atoms with Crippen molar-refractivity contribution in [3.63, 3.8) is 0 Å². The predicted octanol–water partition coefficient (Wildman–Crippen LogP) is 2.03. The van der Waals surface area contributed by atoms with Gasteiger partial charge in [0, 0.05) is 48.8 Å². The molecule has 0 radical (unpaired) electrons. The van der Waals surface area contributed by atoms with Crippen LogP contribution in [-0.2, 0) is 9.59 Å². The number of nitrogens with zero attached hydrogens (tertiary/aromatic N) is 4. The van der Waals surface area contributed by atoms with E-state index < -0.39 is 0 Å². The zero-order chi connectivity index (χ0) is 19.5. The van der Waals surface area contributed by atoms with Crippen LogP contribution in [0.5, 0.6) is 0 Å². The Morgan fingerprint density at radius 1 is 0.852 bits per heavy atom. The largest absolute Gasteiger partial charge is 0.273 e. The molecule has 2 N–H and O–H groups in total. The summed E-state index contributed by atoms with van der Waals surface area (Å²) in [6.07, 6.45) is 7.48. The Morgan fingerprint density at radius 2 is 1.30 bits per heavy atom. The van der Waals surface area contributed by atoms with Gasteiger partial charge in [0.25, 0.3) is 0 Å². The van der Waals surface area contributed by atoms with E-state index in [2.05, 4.69) is 31.0 Å². The van der Waals surface area contributed by atoms with Crippen molar-refractivity contribution in [3.05, 3.63) is 60.2 Å². The van der Waals surface area contributed by atoms with Gasteiger partial charge in [0.2, 0.25) is 11.8 Å². The maximum Gasteiger partial charge on any atom is 0.240 e. The maximum absolute atomic E-state index is 11.8. The molecule has 0 bridgehead atoms. The first-order chi connectivity index (χ1) is 13.1. The second kappa shape index (κ2) is 10.5. The molecule has 2 aromatic heterocycles. The number of carbonyl (C=O) groups excluding carboxylic acids is 2. The molecular formula is C19H22N6O2. The molecule has 27 heavy (non-hydrogen) atoms. The van der Waals surface area contributed by atoms with Crippen LogP contribution in [0.2, 0.25) is 0 Å². The fourth-order valence-corrected chi connectivity index (χ4v) is 2.10. The fraction of sp³-hybridized carbons (Fsp3) is 0.263. The van der Waals surface area contributed by atoms with Crippen molar-refractivity contribution in [2.45, 2.75) is 33.1 Å². The number of hydrogen-bond donors (Lipinski definition) is 2. The number of amides is 2. The first kappa shape index (κ1) is 19.9. The SMILES string of the molecule is C/C(=N/NC(=O)CCCC(=O)N/N=C(\C)c1cccnc1)c1cccnc1. The van der Waals surface area contributed by atoms with Crippen molar-refractivity contribution < 1.29 is 9.59 Å². The van der Waals surface area contributed by atoms with Crippen molar-refractivity contribution >= 4 is 23.2 Å². The number of pyridine rings is 2. The number of carbonyl (C=O) groups is 2. The predicted molar refractivity (Wildman–Crippen MR) is 103 cm³/mol. The van der Waals surface area contributed by atoms with E-state index in [-0.39, 0.29) is 24.7 Å². The van der Waals surface area contributed by atoms with Gasteiger partial charge in [-0.1, -0.05) is 12.1 Å². The summed E-state index contributed by atoms with van der Waals surface area (Å²) in [6.45, 7) is 3.57. The Hall–Kier alpha value is -3.42. The molecular weight excluding hydrogens is 344 g/mol. The lowest BCUT2D eigenvalue weighted by Gasteiger charge is -2.04. The molecule has 0 atom stereocenters. The van der Waals surface area contributed by atoms with E-state index in [0.29, 0.717) is 17.8 Å². The third-order valence-electron chi connectivity index (χ3n) is 3.66. The van der Waals surface area contributed by atoms with Crippen LogP contribution in [0, 0.1) is 0 Å². The molecule has 2 heterocycles. The number of rotatable bonds is 8. The number of hydrogen-bond acceptors (Lipinski definition) is 6. The summed E-state index contributed by atoms with van der Waals surface area (Å²) in [5.41, 5.74) is 7.95. The monoisotopic (exact) mass is 366 g/mol. The smallest absolute Gasteiger partial charge is 0.240 e. The van der Waals surface area contributed by atoms with Crippen LogP contribution in [0.15, 0.2) is 59.3 Å². The van der Waals surface area contributed by atoms with Crippen LogP contribution >= 0.6 is 0 Å². The van der Waals surface area contributed by atoms with Crippen LogP contribution < -0.4 is 10.9 Å². The molecule has 0 aliphatic rings. The van der Waals surface area contributed by atoms with Gasteiger partial charge in [0.1, 0.15) is 0 Å². The standard InChI is InChI=1S/C19H22N6O2/c1-14(16-6-4-10-20-12-16)22-24-18(26)8-3-9-19(27)25-23-15(2)17-7-5-11-21-13-17/h4-7,10-13H,3,8-9H2,1-2H3,(H,24,26)(H,25,27)/b22-14-,23-15+. The molecule has 0 saturated heterocycles. The van der Waals surface area contributed by atoms with Crippen LogP contribution in [0.4, 0.5) is 0 Å². The van der Waals surface area contributed by atoms with Crippen LogP contribution in [0.25, 0.3) is 0 Å². The molecule has 2 amide bonds. The molecule has 140 valence electrons. The zero-order valence-electron chi connectivity index (χ0n) is 15.3. The highest BCUT2D eigenvalue weighted by molar-refractivity contribution is 5.99. The normalized spacial score (nSPS) is 11.8. The minimum Gasteiger partial charge on any atom is -0.273 e. The van der Waals surface area contributed by atoms with Gasteiger partial charge in [-0.25, -0.2) is 10.9 Å². The van der Waals surface area contributed by atoms with E-state index in [9.17, 15) is 9.59 Å². The topological polar surface area (TPSA) is 109 Å². The Morgan fingerprint density at radius 3 is 1.67 bits per heavy atom. The van der Waals surface area contributed by atoms with Crippen LogP contribution in [-0.4, -0.2) is 33.2 Å². The molecule has 0 unspecified atom stereocenters. The minimum absolute atomic E-state index is 0.197. The summed E-state index contributed by atoms with van der Waals surface area (Å²) in [6, 6.07) is 7.31. The lowest BCUT2D eigenvalue weighted by atomic mass is 10.2. The molecule has 0 spiro atoms. The lowest BCUT2D eigenvalue weighted by Crippen LogP contribution is -2.21. The molecule has 0 aliphatic heterocycles. The van der Waals surface area contributed by atoms with E-state index in [4.69, 9.17) is 0 Å². The van der Waals surface area contributed by atoms with E-state index in [1.165, 1.54) is 0 Å². The molecule has 0 aliphatic carbocycles. The molecule has 8 heteroatoms. The minimum atomic E-state index is -0.249. The van der Waals surface area contributed by atoms with Crippen molar-refractivity contribution in [1.82, 2.24) is 20.8 Å². The summed E-state index contributed by atoms with van der Waals surface area (Å²) in [5, 5.41) is 8.07. The third kappa shape index (κ3) is 7.15. The first-order valence-corrected chi connectivity index (χ1v) is 8.53. The highest BCUT2D eigenvalue weighted by Crippen LogP contribution is 2.00. The van der Waals surface area contributed by atoms with Crippen molar-refractivity contribution in [3.8, 4) is 0 Å². The lowest BCUT2D eigenvalue weighted by molar-refractivity contribution is -0.122. The summed E-state index contributed by atoms with van der Waals surface area (Å²) >= 11 is 0. The molecule has 0 aromatic carbocycles. The molecule has 0 fully saturated rings. The first-order valence-electron chi connectivity index (χ1n) is 8.53. The molecule has 2 aromatic rings. The molecule has 2 rings (SSSR count). The summed E-state index contributed by atoms with van der Waals surface area (Å²) < 4.78 is 0. The van der Waals surface area contributed by atoms with Gasteiger partial charge in [-0.2, -0.15) is 10.2 Å². The maximum atomic E-state index is 11.8. The van der Waals surface area contributed by atoms with Gasteiger partial charge in [-0.05, 0) is 32.4 Å². The Kier molecular flexibility index (Phi) is 7.77. The van der Waals surface area contributed by atoms with E-state index in [1.807, 2.05) is 12.1 Å². The second-order valence-electron chi connectivity index (χ2n) is 5.80. The quantitative estimate of drug-likeness (QED) is 0.550. The molecule has 8 nitrogen and oxygen atoms in total. The van der Waals surface area contributed by atoms with E-state index >= 15 is 0 Å². The van der Waals surface area contributed by atoms with Gasteiger partial charge in [0.15, 0.2) is 0 Å². The third-order valence-corrected chi connectivity index (χ3v) is 3.66.